The van der Waals surface area contributed by atoms with Crippen molar-refractivity contribution >= 4 is 0 Å². The summed E-state index contributed by atoms with van der Waals surface area (Å²) in [5.41, 5.74) is 1.06. The Hall–Kier alpha value is -0.860. The maximum Gasteiger partial charge on any atom is 0.0917 e. The molecule has 0 radical (unpaired) electrons. The highest BCUT2D eigenvalue weighted by Crippen LogP contribution is 2.35. The summed E-state index contributed by atoms with van der Waals surface area (Å²) in [5, 5.41) is 10.4. The minimum Gasteiger partial charge on any atom is -0.387 e. The van der Waals surface area contributed by atoms with Gasteiger partial charge in [0.05, 0.1) is 6.10 Å². The van der Waals surface area contributed by atoms with Crippen LogP contribution in [0.25, 0.3) is 0 Å². The number of aliphatic hydroxyl groups excluding tert-OH is 1. The quantitative estimate of drug-likeness (QED) is 0.899. The Labute approximate surface area is 116 Å². The summed E-state index contributed by atoms with van der Waals surface area (Å²) in [6.07, 6.45) is 7.91. The van der Waals surface area contributed by atoms with Crippen molar-refractivity contribution < 1.29 is 5.11 Å². The molecule has 2 fully saturated rings. The van der Waals surface area contributed by atoms with E-state index in [4.69, 9.17) is 0 Å². The molecule has 0 amide bonds. The van der Waals surface area contributed by atoms with Gasteiger partial charge >= 0.3 is 0 Å². The van der Waals surface area contributed by atoms with Gasteiger partial charge in [0.15, 0.2) is 0 Å². The van der Waals surface area contributed by atoms with Crippen LogP contribution in [0.4, 0.5) is 0 Å². The monoisotopic (exact) mass is 259 g/mol. The summed E-state index contributed by atoms with van der Waals surface area (Å²) in [4.78, 5) is 2.56. The first kappa shape index (κ1) is 13.1. The van der Waals surface area contributed by atoms with E-state index in [1.54, 1.807) is 0 Å². The van der Waals surface area contributed by atoms with Crippen LogP contribution in [0.3, 0.4) is 0 Å². The standard InChI is InChI=1S/C17H25NO/c19-17(15-8-2-1-3-9-15)13-18-12-6-10-14-7-4-5-11-16(14)18/h1-3,8-9,14,16-17,19H,4-7,10-13H2/t14-,16-,17-/m1/s1. The van der Waals surface area contributed by atoms with E-state index in [0.29, 0.717) is 0 Å². The van der Waals surface area contributed by atoms with Crippen molar-refractivity contribution in [3.8, 4) is 0 Å². The molecule has 0 aromatic heterocycles. The fourth-order valence-electron chi connectivity index (χ4n) is 3.96. The number of hydrogen-bond acceptors (Lipinski definition) is 2. The molecule has 1 aromatic carbocycles. The second kappa shape index (κ2) is 6.06. The van der Waals surface area contributed by atoms with Crippen LogP contribution in [0.1, 0.15) is 50.2 Å². The van der Waals surface area contributed by atoms with Crippen molar-refractivity contribution in [1.29, 1.82) is 0 Å². The van der Waals surface area contributed by atoms with Crippen LogP contribution in [0.5, 0.6) is 0 Å². The third-order valence-corrected chi connectivity index (χ3v) is 4.95. The van der Waals surface area contributed by atoms with E-state index in [-0.39, 0.29) is 6.10 Å². The summed E-state index contributed by atoms with van der Waals surface area (Å²) >= 11 is 0. The highest BCUT2D eigenvalue weighted by molar-refractivity contribution is 5.17. The maximum atomic E-state index is 10.4. The average Bonchev–Trinajstić information content (AvgIpc) is 2.48. The predicted molar refractivity (Wildman–Crippen MR) is 78.0 cm³/mol. The van der Waals surface area contributed by atoms with Crippen LogP contribution in [0, 0.1) is 5.92 Å². The van der Waals surface area contributed by atoms with E-state index in [2.05, 4.69) is 4.90 Å². The van der Waals surface area contributed by atoms with E-state index < -0.39 is 0 Å². The van der Waals surface area contributed by atoms with E-state index in [1.165, 1.54) is 45.1 Å². The van der Waals surface area contributed by atoms with Gasteiger partial charge in [-0.1, -0.05) is 43.2 Å². The van der Waals surface area contributed by atoms with Gasteiger partial charge in [0, 0.05) is 12.6 Å². The van der Waals surface area contributed by atoms with Gasteiger partial charge in [0.2, 0.25) is 0 Å². The molecule has 1 heterocycles. The third kappa shape index (κ3) is 3.01. The van der Waals surface area contributed by atoms with Gasteiger partial charge in [0.25, 0.3) is 0 Å². The molecule has 3 rings (SSSR count). The van der Waals surface area contributed by atoms with Gasteiger partial charge in [-0.25, -0.2) is 0 Å². The first-order valence-electron chi connectivity index (χ1n) is 7.81. The topological polar surface area (TPSA) is 23.5 Å². The third-order valence-electron chi connectivity index (χ3n) is 4.95. The minimum absolute atomic E-state index is 0.332. The van der Waals surface area contributed by atoms with E-state index in [9.17, 15) is 5.11 Å². The van der Waals surface area contributed by atoms with Crippen LogP contribution in [-0.4, -0.2) is 29.1 Å². The van der Waals surface area contributed by atoms with Crippen molar-refractivity contribution in [1.82, 2.24) is 4.90 Å². The zero-order valence-corrected chi connectivity index (χ0v) is 11.7. The lowest BCUT2D eigenvalue weighted by atomic mass is 9.78. The van der Waals surface area contributed by atoms with Crippen molar-refractivity contribution in [2.75, 3.05) is 13.1 Å². The van der Waals surface area contributed by atoms with Gasteiger partial charge in [-0.05, 0) is 43.7 Å². The lowest BCUT2D eigenvalue weighted by Crippen LogP contribution is -2.48. The van der Waals surface area contributed by atoms with Crippen LogP contribution in [0.2, 0.25) is 0 Å². The summed E-state index contributed by atoms with van der Waals surface area (Å²) in [6.45, 7) is 1.98. The van der Waals surface area contributed by atoms with Crippen molar-refractivity contribution in [2.24, 2.45) is 5.92 Å². The van der Waals surface area contributed by atoms with Crippen LogP contribution >= 0.6 is 0 Å². The lowest BCUT2D eigenvalue weighted by Gasteiger charge is -2.44. The molecule has 1 saturated carbocycles. The largest absolute Gasteiger partial charge is 0.387 e. The smallest absolute Gasteiger partial charge is 0.0917 e. The zero-order chi connectivity index (χ0) is 13.1. The Morgan fingerprint density at radius 1 is 1.05 bits per heavy atom. The fraction of sp³-hybridized carbons (Fsp3) is 0.647. The molecule has 104 valence electrons. The summed E-state index contributed by atoms with van der Waals surface area (Å²) < 4.78 is 0. The van der Waals surface area contributed by atoms with E-state index in [1.807, 2.05) is 30.3 Å². The Morgan fingerprint density at radius 3 is 2.63 bits per heavy atom. The Kier molecular flexibility index (Phi) is 4.19. The second-order valence-electron chi connectivity index (χ2n) is 6.18. The van der Waals surface area contributed by atoms with Crippen molar-refractivity contribution in [2.45, 2.75) is 50.7 Å². The zero-order valence-electron chi connectivity index (χ0n) is 11.7. The molecule has 0 unspecified atom stereocenters. The predicted octanol–water partition coefficient (Wildman–Crippen LogP) is 3.37. The number of nitrogens with zero attached hydrogens (tertiary/aromatic N) is 1. The number of fused-ring (bicyclic) bond motifs is 1. The van der Waals surface area contributed by atoms with Gasteiger partial charge in [0.1, 0.15) is 0 Å². The Balaban J connectivity index is 1.65. The van der Waals surface area contributed by atoms with Gasteiger partial charge in [-0.2, -0.15) is 0 Å². The van der Waals surface area contributed by atoms with Crippen LogP contribution in [-0.2, 0) is 0 Å². The van der Waals surface area contributed by atoms with Gasteiger partial charge in [-0.15, -0.1) is 0 Å². The van der Waals surface area contributed by atoms with Gasteiger partial charge < -0.3 is 5.11 Å². The summed E-state index contributed by atoms with van der Waals surface area (Å²) in [6, 6.07) is 10.8. The second-order valence-corrected chi connectivity index (χ2v) is 6.18. The molecule has 1 N–H and O–H groups in total. The molecule has 1 aliphatic heterocycles. The van der Waals surface area contributed by atoms with Gasteiger partial charge in [-0.3, -0.25) is 4.90 Å². The first-order chi connectivity index (χ1) is 9.34. The first-order valence-corrected chi connectivity index (χ1v) is 7.81. The molecule has 1 saturated heterocycles. The molecule has 19 heavy (non-hydrogen) atoms. The summed E-state index contributed by atoms with van der Waals surface area (Å²) in [5.74, 6) is 0.894. The fourth-order valence-corrected chi connectivity index (χ4v) is 3.96. The van der Waals surface area contributed by atoms with E-state index >= 15 is 0 Å². The number of likely N-dealkylation sites (tertiary alicyclic amines) is 1. The SMILES string of the molecule is O[C@H](CN1CCC[C@H]2CCCC[C@H]21)c1ccccc1. The normalized spacial score (nSPS) is 29.7. The highest BCUT2D eigenvalue weighted by atomic mass is 16.3. The molecule has 0 bridgehead atoms. The molecule has 0 spiro atoms. The van der Waals surface area contributed by atoms with Crippen molar-refractivity contribution in [3.63, 3.8) is 0 Å². The van der Waals surface area contributed by atoms with Crippen molar-refractivity contribution in [3.05, 3.63) is 35.9 Å². The molecule has 2 aliphatic rings. The number of piperidine rings is 1. The molecule has 1 aromatic rings. The molecular weight excluding hydrogens is 234 g/mol. The number of aliphatic hydroxyl groups is 1. The van der Waals surface area contributed by atoms with Crippen LogP contribution in [0.15, 0.2) is 30.3 Å². The Bertz CT molecular complexity index is 390. The average molecular weight is 259 g/mol. The number of hydrogen-bond donors (Lipinski definition) is 1. The molecular formula is C17H25NO. The maximum absolute atomic E-state index is 10.4. The van der Waals surface area contributed by atoms with E-state index in [0.717, 1.165) is 24.1 Å². The Morgan fingerprint density at radius 2 is 1.79 bits per heavy atom. The number of rotatable bonds is 3. The molecule has 3 atom stereocenters. The molecule has 2 nitrogen and oxygen atoms in total. The number of β-amino-alcohol motifs (C(OH)–C–C–N with tert-alkyl or cyclic N) is 1. The van der Waals surface area contributed by atoms with Crippen LogP contribution < -0.4 is 0 Å². The minimum atomic E-state index is -0.332. The molecule has 1 aliphatic carbocycles. The number of benzene rings is 1. The molecule has 2 heteroatoms. The lowest BCUT2D eigenvalue weighted by molar-refractivity contribution is 0.0205. The summed E-state index contributed by atoms with van der Waals surface area (Å²) in [7, 11) is 0. The highest BCUT2D eigenvalue weighted by Gasteiger charge is 2.33.